The molecule has 3 N–H and O–H groups in total. The monoisotopic (exact) mass is 720 g/mol. The van der Waals surface area contributed by atoms with Crippen LogP contribution in [0.4, 0.5) is 4.39 Å². The summed E-state index contributed by atoms with van der Waals surface area (Å²) in [5.41, 5.74) is 7.51. The average Bonchev–Trinajstić information content (AvgIpc) is 3.25. The number of amides is 1. The van der Waals surface area contributed by atoms with E-state index in [-0.39, 0.29) is 55.2 Å². The third-order valence-electron chi connectivity index (χ3n) is 5.31. The van der Waals surface area contributed by atoms with Gasteiger partial charge in [0.2, 0.25) is 5.91 Å². The van der Waals surface area contributed by atoms with Gasteiger partial charge in [-0.15, -0.1) is 16.5 Å². The van der Waals surface area contributed by atoms with Crippen molar-refractivity contribution in [2.24, 2.45) is 10.7 Å². The largest absolute Gasteiger partial charge is 0.785 e. The number of hydrogen-bond donors (Lipinski definition) is 2. The first-order chi connectivity index (χ1) is 16.0. The van der Waals surface area contributed by atoms with Crippen molar-refractivity contribution in [3.63, 3.8) is 0 Å². The second kappa shape index (κ2) is 18.6. The predicted octanol–water partition coefficient (Wildman–Crippen LogP) is 4.95. The van der Waals surface area contributed by atoms with E-state index in [0.717, 1.165) is 35.6 Å². The second-order valence-electron chi connectivity index (χ2n) is 8.20. The van der Waals surface area contributed by atoms with Crippen LogP contribution in [0, 0.1) is 5.82 Å². The summed E-state index contributed by atoms with van der Waals surface area (Å²) in [5, 5.41) is 4.35. The molecule has 1 aromatic rings. The molecule has 2 atom stereocenters. The summed E-state index contributed by atoms with van der Waals surface area (Å²) in [6, 6.07) is 4.82. The van der Waals surface area contributed by atoms with Gasteiger partial charge in [-0.1, -0.05) is 52.0 Å². The zero-order chi connectivity index (χ0) is 26.5. The van der Waals surface area contributed by atoms with Gasteiger partial charge in [-0.25, -0.2) is 4.39 Å². The Balaban J connectivity index is 0. The van der Waals surface area contributed by atoms with Gasteiger partial charge in [-0.3, -0.25) is 14.7 Å². The van der Waals surface area contributed by atoms with Crippen molar-refractivity contribution in [1.82, 2.24) is 10.2 Å². The first kappa shape index (κ1) is 36.5. The number of likely N-dealkylation sites (tertiary alicyclic amines) is 1. The number of nitrogens with two attached hydrogens (primary N) is 1. The van der Waals surface area contributed by atoms with Gasteiger partial charge in [0, 0.05) is 43.2 Å². The molecule has 0 bridgehead atoms. The van der Waals surface area contributed by atoms with Crippen LogP contribution in [0.2, 0.25) is 0 Å². The van der Waals surface area contributed by atoms with Gasteiger partial charge in [-0.2, -0.15) is 0 Å². The summed E-state index contributed by atoms with van der Waals surface area (Å²) < 4.78 is 14.1. The first-order valence-corrected chi connectivity index (χ1v) is 13.5. The Morgan fingerprint density at radius 3 is 2.46 bits per heavy atom. The standard InChI is InChI=1S/C18H24FN3OS.C5H11NS2.C2H6.Ir/c1-12(20-2)17(24-4)13-7-8-14(15(19)10-13)11-21-18(23)16-6-5-9-22(16)3;1-5(2,8)4(6)3-7;1-2;/h7-8,10,16H,2,5-6,9,11H2,1,3-4H3,(H,21,23);3-4,8H,6H2,1-2H3;1-2H3;/p-1/b17-12-;;;/t16-;4-;;/m01../s1. The number of carbonyl (C=O) groups excluding carboxylic acids is 1. The van der Waals surface area contributed by atoms with Crippen molar-refractivity contribution in [2.75, 3.05) is 19.8 Å². The molecule has 1 fully saturated rings. The third-order valence-corrected chi connectivity index (χ3v) is 6.82. The molecule has 2 rings (SSSR count). The zero-order valence-electron chi connectivity index (χ0n) is 21.8. The summed E-state index contributed by atoms with van der Waals surface area (Å²) in [7, 11) is 1.94. The van der Waals surface area contributed by atoms with Gasteiger partial charge in [-0.05, 0) is 63.3 Å². The van der Waals surface area contributed by atoms with Crippen LogP contribution in [0.5, 0.6) is 0 Å². The Hall–Kier alpha value is -0.611. The van der Waals surface area contributed by atoms with Gasteiger partial charge in [0.05, 0.1) is 11.7 Å². The van der Waals surface area contributed by atoms with E-state index in [9.17, 15) is 9.18 Å². The number of nitrogens with one attached hydrogen (secondary N) is 1. The van der Waals surface area contributed by atoms with E-state index in [4.69, 9.17) is 18.4 Å². The molecule has 35 heavy (non-hydrogen) atoms. The molecular formula is C25H40FIrN4OS3-. The molecule has 1 radical (unpaired) electrons. The predicted molar refractivity (Wildman–Crippen MR) is 154 cm³/mol. The number of carbonyl (C=O) groups is 1. The maximum absolute atomic E-state index is 14.4. The van der Waals surface area contributed by atoms with Crippen LogP contribution in [-0.2, 0) is 44.1 Å². The van der Waals surface area contributed by atoms with E-state index in [0.29, 0.717) is 5.56 Å². The Labute approximate surface area is 240 Å². The number of allylic oxidation sites excluding steroid dienone is 1. The average molecular weight is 720 g/mol. The maximum Gasteiger partial charge on any atom is 0.237 e. The SMILES string of the molecule is C=N/C(C)=C(\SC)c1ccc(CNC(=O)[C@@H]2CCCN2C)c(F)c1.CC.CC(C)([S-])[C@H](N)C=S.[Ir]. The quantitative estimate of drug-likeness (QED) is 0.225. The number of benzene rings is 1. The molecule has 1 aliphatic heterocycles. The molecule has 0 aromatic heterocycles. The molecule has 5 nitrogen and oxygen atoms in total. The van der Waals surface area contributed by atoms with Crippen molar-refractivity contribution in [3.8, 4) is 0 Å². The fourth-order valence-electron chi connectivity index (χ4n) is 3.08. The summed E-state index contributed by atoms with van der Waals surface area (Å²) >= 11 is 11.1. The van der Waals surface area contributed by atoms with Crippen molar-refractivity contribution >= 4 is 59.5 Å². The first-order valence-electron chi connectivity index (χ1n) is 11.4. The molecule has 1 aliphatic rings. The number of nitrogens with zero attached hydrogens (tertiary/aromatic N) is 2. The number of thioether (sulfide) groups is 1. The zero-order valence-corrected chi connectivity index (χ0v) is 26.7. The van der Waals surface area contributed by atoms with Crippen molar-refractivity contribution in [1.29, 1.82) is 0 Å². The number of likely N-dealkylation sites (N-methyl/N-ethyl adjacent to an activating group) is 1. The summed E-state index contributed by atoms with van der Waals surface area (Å²) in [5.74, 6) is -0.356. The molecule has 0 spiro atoms. The number of rotatable bonds is 8. The molecule has 201 valence electrons. The van der Waals surface area contributed by atoms with Crippen molar-refractivity contribution in [3.05, 3.63) is 40.8 Å². The Bertz CT molecular complexity index is 846. The summed E-state index contributed by atoms with van der Waals surface area (Å²) in [4.78, 5) is 19.0. The molecular weight excluding hydrogens is 680 g/mol. The van der Waals surface area contributed by atoms with E-state index in [1.807, 2.05) is 58.9 Å². The van der Waals surface area contributed by atoms with E-state index >= 15 is 0 Å². The van der Waals surface area contributed by atoms with Gasteiger partial charge in [0.1, 0.15) is 5.82 Å². The van der Waals surface area contributed by atoms with Gasteiger partial charge in [0.25, 0.3) is 0 Å². The third kappa shape index (κ3) is 12.5. The number of aliphatic imine (C=N–C) groups is 1. The Kier molecular flexibility index (Phi) is 19.4. The molecule has 0 unspecified atom stereocenters. The second-order valence-corrected chi connectivity index (χ2v) is 10.3. The van der Waals surface area contributed by atoms with Crippen LogP contribution in [0.25, 0.3) is 4.91 Å². The molecule has 10 heteroatoms. The van der Waals surface area contributed by atoms with Crippen LogP contribution in [-0.4, -0.2) is 59.6 Å². The van der Waals surface area contributed by atoms with E-state index < -0.39 is 0 Å². The maximum atomic E-state index is 14.4. The van der Waals surface area contributed by atoms with Crippen LogP contribution < -0.4 is 11.1 Å². The molecule has 0 aliphatic carbocycles. The normalized spacial score (nSPS) is 16.8. The topological polar surface area (TPSA) is 70.7 Å². The van der Waals surface area contributed by atoms with Gasteiger partial charge in [0.15, 0.2) is 0 Å². The summed E-state index contributed by atoms with van der Waals surface area (Å²) in [6.45, 7) is 14.3. The Morgan fingerprint density at radius 1 is 1.49 bits per heavy atom. The molecule has 1 amide bonds. The number of thiocarbonyl (C=S) groups is 1. The van der Waals surface area contributed by atoms with Gasteiger partial charge < -0.3 is 23.7 Å². The number of halogens is 1. The van der Waals surface area contributed by atoms with Crippen LogP contribution >= 0.6 is 24.0 Å². The van der Waals surface area contributed by atoms with E-state index in [2.05, 4.69) is 29.2 Å². The Morgan fingerprint density at radius 2 is 2.09 bits per heavy atom. The summed E-state index contributed by atoms with van der Waals surface area (Å²) in [6.07, 6.45) is 3.81. The minimum Gasteiger partial charge on any atom is -0.785 e. The van der Waals surface area contributed by atoms with Crippen LogP contribution in [0.3, 0.4) is 0 Å². The van der Waals surface area contributed by atoms with Crippen LogP contribution in [0.15, 0.2) is 28.9 Å². The fourth-order valence-corrected chi connectivity index (χ4v) is 4.30. The van der Waals surface area contributed by atoms with Crippen molar-refractivity contribution < 1.29 is 29.3 Å². The van der Waals surface area contributed by atoms with Gasteiger partial charge >= 0.3 is 0 Å². The molecule has 1 saturated heterocycles. The van der Waals surface area contributed by atoms with Crippen molar-refractivity contribution in [2.45, 2.75) is 70.8 Å². The van der Waals surface area contributed by atoms with Crippen LogP contribution in [0.1, 0.15) is 58.6 Å². The van der Waals surface area contributed by atoms with E-state index in [1.165, 1.54) is 23.2 Å². The number of hydrogen-bond acceptors (Lipinski definition) is 7. The molecule has 0 saturated carbocycles. The molecule has 1 aromatic carbocycles. The molecule has 1 heterocycles. The minimum atomic E-state index is -0.323. The van der Waals surface area contributed by atoms with E-state index in [1.54, 1.807) is 6.07 Å². The minimum absolute atomic E-state index is 0. The smallest absolute Gasteiger partial charge is 0.237 e. The fraction of sp³-hybridized carbons (Fsp3) is 0.560.